The number of para-hydroxylation sites is 1. The molecule has 2 aliphatic rings. The summed E-state index contributed by atoms with van der Waals surface area (Å²) in [5, 5.41) is 7.50. The molecule has 1 aromatic heterocycles. The van der Waals surface area contributed by atoms with Crippen LogP contribution < -0.4 is 15.9 Å². The lowest BCUT2D eigenvalue weighted by molar-refractivity contribution is 0.593. The molecular formula is C52H32NOP. The Hall–Kier alpha value is -6.73. The molecule has 9 aromatic carbocycles. The zero-order chi connectivity index (χ0) is 36.3. The first-order chi connectivity index (χ1) is 27.2. The van der Waals surface area contributed by atoms with Gasteiger partial charge in [-0.05, 0) is 79.5 Å². The summed E-state index contributed by atoms with van der Waals surface area (Å²) in [6, 6.07) is 69.3. The molecule has 0 saturated heterocycles. The molecule has 0 saturated carbocycles. The third kappa shape index (κ3) is 4.12. The van der Waals surface area contributed by atoms with Gasteiger partial charge in [-0.15, -0.1) is 0 Å². The van der Waals surface area contributed by atoms with Gasteiger partial charge in [0.1, 0.15) is 0 Å². The van der Waals surface area contributed by atoms with Gasteiger partial charge in [-0.25, -0.2) is 0 Å². The molecule has 0 fully saturated rings. The van der Waals surface area contributed by atoms with Crippen LogP contribution >= 0.6 is 7.14 Å². The molecule has 10 aromatic rings. The van der Waals surface area contributed by atoms with E-state index in [1.54, 1.807) is 0 Å². The average Bonchev–Trinajstić information content (AvgIpc) is 3.85. The normalized spacial score (nSPS) is 15.1. The van der Waals surface area contributed by atoms with Crippen LogP contribution in [0, 0.1) is 0 Å². The highest BCUT2D eigenvalue weighted by atomic mass is 31.2. The highest BCUT2D eigenvalue weighted by Gasteiger charge is 2.41. The van der Waals surface area contributed by atoms with Crippen molar-refractivity contribution in [2.75, 3.05) is 0 Å². The fourth-order valence-corrected chi connectivity index (χ4v) is 12.7. The maximum atomic E-state index is 15.7. The Labute approximate surface area is 319 Å². The smallest absolute Gasteiger partial charge is 0.172 e. The van der Waals surface area contributed by atoms with E-state index in [4.69, 9.17) is 0 Å². The Bertz CT molecular complexity index is 3270. The summed E-state index contributed by atoms with van der Waals surface area (Å²) in [5.41, 5.74) is 15.3. The first-order valence-corrected chi connectivity index (χ1v) is 20.6. The Balaban J connectivity index is 1.27. The van der Waals surface area contributed by atoms with Crippen LogP contribution in [0.5, 0.6) is 0 Å². The summed E-state index contributed by atoms with van der Waals surface area (Å²) in [5.74, 6) is 0. The van der Waals surface area contributed by atoms with Crippen molar-refractivity contribution in [1.82, 2.24) is 4.57 Å². The summed E-state index contributed by atoms with van der Waals surface area (Å²) < 4.78 is 18.2. The summed E-state index contributed by atoms with van der Waals surface area (Å²) in [7, 11) is -3.13. The second kappa shape index (κ2) is 11.4. The zero-order valence-corrected chi connectivity index (χ0v) is 30.7. The van der Waals surface area contributed by atoms with Crippen molar-refractivity contribution in [2.45, 2.75) is 0 Å². The van der Waals surface area contributed by atoms with E-state index in [2.05, 4.69) is 162 Å². The Morgan fingerprint density at radius 3 is 1.76 bits per heavy atom. The molecule has 0 bridgehead atoms. The van der Waals surface area contributed by atoms with E-state index in [0.717, 1.165) is 54.5 Å². The molecule has 1 atom stereocenters. The number of benzene rings is 9. The van der Waals surface area contributed by atoms with E-state index < -0.39 is 7.14 Å². The van der Waals surface area contributed by atoms with Gasteiger partial charge in [-0.2, -0.15) is 0 Å². The number of rotatable bonds is 4. The largest absolute Gasteiger partial charge is 0.309 e. The van der Waals surface area contributed by atoms with E-state index in [1.165, 1.54) is 55.3 Å². The predicted molar refractivity (Wildman–Crippen MR) is 232 cm³/mol. The van der Waals surface area contributed by atoms with Crippen molar-refractivity contribution >= 4 is 55.6 Å². The second-order valence-electron chi connectivity index (χ2n) is 14.7. The minimum absolute atomic E-state index is 0.871. The molecule has 1 aliphatic carbocycles. The molecule has 1 unspecified atom stereocenters. The average molecular weight is 718 g/mol. The SMILES string of the molecule is O=P1(c2ccccc2)c2ccccc2-c2cc3c(cc21)c1ccccc1n3-c1cc(-c2ccccc2)c2c(c1-c1ccccc1)-c1cccc3cccc-2c13. The third-order valence-electron chi connectivity index (χ3n) is 11.9. The molecule has 12 rings (SSSR count). The van der Waals surface area contributed by atoms with Gasteiger partial charge in [0.05, 0.1) is 16.7 Å². The maximum absolute atomic E-state index is 15.7. The quantitative estimate of drug-likeness (QED) is 0.166. The van der Waals surface area contributed by atoms with Crippen molar-refractivity contribution in [3.05, 3.63) is 194 Å². The van der Waals surface area contributed by atoms with E-state index in [1.807, 2.05) is 36.4 Å². The summed E-state index contributed by atoms with van der Waals surface area (Å²) in [4.78, 5) is 0. The molecule has 55 heavy (non-hydrogen) atoms. The zero-order valence-electron chi connectivity index (χ0n) is 29.8. The molecule has 0 spiro atoms. The van der Waals surface area contributed by atoms with Crippen molar-refractivity contribution in [3.63, 3.8) is 0 Å². The molecule has 0 amide bonds. The highest BCUT2D eigenvalue weighted by molar-refractivity contribution is 7.86. The summed E-state index contributed by atoms with van der Waals surface area (Å²) in [6.07, 6.45) is 0. The predicted octanol–water partition coefficient (Wildman–Crippen LogP) is 12.5. The second-order valence-corrected chi connectivity index (χ2v) is 17.4. The van der Waals surface area contributed by atoms with Gasteiger partial charge in [-0.3, -0.25) is 0 Å². The van der Waals surface area contributed by atoms with Crippen molar-refractivity contribution in [2.24, 2.45) is 0 Å². The molecule has 1 aliphatic heterocycles. The van der Waals surface area contributed by atoms with Crippen LogP contribution in [0.4, 0.5) is 0 Å². The van der Waals surface area contributed by atoms with Gasteiger partial charge >= 0.3 is 0 Å². The Kier molecular flexibility index (Phi) is 6.36. The molecule has 3 heteroatoms. The minimum atomic E-state index is -3.13. The van der Waals surface area contributed by atoms with Gasteiger partial charge < -0.3 is 9.13 Å². The maximum Gasteiger partial charge on any atom is 0.172 e. The van der Waals surface area contributed by atoms with E-state index >= 15 is 4.57 Å². The van der Waals surface area contributed by atoms with E-state index in [0.29, 0.717) is 0 Å². The summed E-state index contributed by atoms with van der Waals surface area (Å²) >= 11 is 0. The molecule has 2 nitrogen and oxygen atoms in total. The van der Waals surface area contributed by atoms with Crippen LogP contribution in [0.15, 0.2) is 194 Å². The lowest BCUT2D eigenvalue weighted by Crippen LogP contribution is -2.20. The van der Waals surface area contributed by atoms with Crippen molar-refractivity contribution < 1.29 is 4.57 Å². The number of hydrogen-bond acceptors (Lipinski definition) is 1. The Morgan fingerprint density at radius 1 is 0.382 bits per heavy atom. The first-order valence-electron chi connectivity index (χ1n) is 18.9. The number of hydrogen-bond donors (Lipinski definition) is 0. The molecule has 2 heterocycles. The van der Waals surface area contributed by atoms with Gasteiger partial charge in [0.2, 0.25) is 0 Å². The molecule has 256 valence electrons. The van der Waals surface area contributed by atoms with Crippen LogP contribution in [-0.2, 0) is 4.57 Å². The van der Waals surface area contributed by atoms with Crippen molar-refractivity contribution in [1.29, 1.82) is 0 Å². The molecular weight excluding hydrogens is 686 g/mol. The number of nitrogens with zero attached hydrogens (tertiary/aromatic N) is 1. The standard InChI is InChI=1S/C52H32NOP/c54-55(36-22-8-3-9-23-36)47-29-13-11-25-38(47)43-31-45-42(32-48(43)55)37-24-10-12-28-44(37)53(45)46-30-41(33-16-4-1-5-17-33)51-39-26-14-20-34-21-15-27-40(49(34)39)52(51)50(46)35-18-6-2-7-19-35/h1-32H. The lowest BCUT2D eigenvalue weighted by atomic mass is 9.86. The highest BCUT2D eigenvalue weighted by Crippen LogP contribution is 2.58. The third-order valence-corrected chi connectivity index (χ3v) is 15.1. The van der Waals surface area contributed by atoms with Crippen LogP contribution in [0.3, 0.4) is 0 Å². The minimum Gasteiger partial charge on any atom is -0.309 e. The van der Waals surface area contributed by atoms with Crippen LogP contribution in [0.2, 0.25) is 0 Å². The monoisotopic (exact) mass is 717 g/mol. The summed E-state index contributed by atoms with van der Waals surface area (Å²) in [6.45, 7) is 0. The topological polar surface area (TPSA) is 22.0 Å². The van der Waals surface area contributed by atoms with E-state index in [9.17, 15) is 0 Å². The first kappa shape index (κ1) is 30.7. The van der Waals surface area contributed by atoms with Gasteiger partial charge in [0, 0.05) is 37.8 Å². The van der Waals surface area contributed by atoms with Gasteiger partial charge in [0.25, 0.3) is 0 Å². The van der Waals surface area contributed by atoms with Crippen LogP contribution in [0.25, 0.3) is 93.9 Å². The fourth-order valence-electron chi connectivity index (χ4n) is 9.66. The lowest BCUT2D eigenvalue weighted by Gasteiger charge is -2.22. The fraction of sp³-hybridized carbons (Fsp3) is 0. The van der Waals surface area contributed by atoms with Crippen LogP contribution in [-0.4, -0.2) is 4.57 Å². The number of fused-ring (bicyclic) bond motifs is 9. The molecule has 0 radical (unpaired) electrons. The molecule has 0 N–H and O–H groups in total. The van der Waals surface area contributed by atoms with Gasteiger partial charge in [-0.1, -0.05) is 170 Å². The number of aromatic nitrogens is 1. The van der Waals surface area contributed by atoms with Crippen molar-refractivity contribution in [3.8, 4) is 61.3 Å². The van der Waals surface area contributed by atoms with E-state index in [-0.39, 0.29) is 0 Å². The Morgan fingerprint density at radius 2 is 1.00 bits per heavy atom. The van der Waals surface area contributed by atoms with Gasteiger partial charge in [0.15, 0.2) is 7.14 Å². The van der Waals surface area contributed by atoms with Crippen LogP contribution in [0.1, 0.15) is 0 Å².